The van der Waals surface area contributed by atoms with Gasteiger partial charge in [-0.2, -0.15) is 0 Å². The van der Waals surface area contributed by atoms with E-state index >= 15 is 0 Å². The van der Waals surface area contributed by atoms with Crippen LogP contribution in [0.2, 0.25) is 0 Å². The number of hydrogen-bond acceptors (Lipinski definition) is 8. The van der Waals surface area contributed by atoms with E-state index in [-0.39, 0.29) is 35.0 Å². The molecule has 2 saturated heterocycles. The van der Waals surface area contributed by atoms with Crippen molar-refractivity contribution in [2.45, 2.75) is 115 Å². The molecule has 2 atom stereocenters. The Morgan fingerprint density at radius 2 is 1.15 bits per heavy atom. The van der Waals surface area contributed by atoms with E-state index in [0.29, 0.717) is 38.9 Å². The number of benzene rings is 1. The lowest BCUT2D eigenvalue weighted by Gasteiger charge is -2.32. The Morgan fingerprint density at radius 1 is 0.750 bits per heavy atom. The molecule has 3 rings (SSSR count). The van der Waals surface area contributed by atoms with Gasteiger partial charge in [0.2, 0.25) is 0 Å². The molecular formula is C32H50O8. The second kappa shape index (κ2) is 15.1. The lowest BCUT2D eigenvalue weighted by atomic mass is 9.75. The van der Waals surface area contributed by atoms with E-state index in [1.807, 2.05) is 0 Å². The Morgan fingerprint density at radius 3 is 1.48 bits per heavy atom. The zero-order valence-corrected chi connectivity index (χ0v) is 25.5. The van der Waals surface area contributed by atoms with Crippen LogP contribution >= 0.6 is 0 Å². The van der Waals surface area contributed by atoms with Crippen LogP contribution in [-0.2, 0) is 39.4 Å². The Kier molecular flexibility index (Phi) is 12.1. The van der Waals surface area contributed by atoms with Crippen LogP contribution in [0.4, 0.5) is 0 Å². The molecule has 1 aromatic carbocycles. The van der Waals surface area contributed by atoms with Crippen molar-refractivity contribution in [3.63, 3.8) is 0 Å². The van der Waals surface area contributed by atoms with Gasteiger partial charge in [-0.15, -0.1) is 0 Å². The van der Waals surface area contributed by atoms with Gasteiger partial charge in [-0.25, -0.2) is 0 Å². The fourth-order valence-corrected chi connectivity index (χ4v) is 5.64. The van der Waals surface area contributed by atoms with E-state index in [4.69, 9.17) is 28.4 Å². The van der Waals surface area contributed by atoms with Gasteiger partial charge in [-0.3, -0.25) is 9.59 Å². The van der Waals surface area contributed by atoms with Crippen LogP contribution in [0.1, 0.15) is 103 Å². The topological polar surface area (TPSA) is 89.5 Å². The molecule has 2 heterocycles. The Labute approximate surface area is 240 Å². The van der Waals surface area contributed by atoms with Gasteiger partial charge >= 0.3 is 11.9 Å². The predicted octanol–water partition coefficient (Wildman–Crippen LogP) is 6.04. The van der Waals surface area contributed by atoms with E-state index in [9.17, 15) is 9.59 Å². The van der Waals surface area contributed by atoms with Gasteiger partial charge in [-0.1, -0.05) is 27.7 Å². The number of methoxy groups -OCH3 is 2. The van der Waals surface area contributed by atoms with Crippen molar-refractivity contribution >= 4 is 11.9 Å². The first-order chi connectivity index (χ1) is 19.1. The van der Waals surface area contributed by atoms with Gasteiger partial charge in [0.25, 0.3) is 0 Å². The van der Waals surface area contributed by atoms with Crippen molar-refractivity contribution in [3.8, 4) is 11.5 Å². The smallest absolute Gasteiger partial charge is 0.305 e. The third kappa shape index (κ3) is 9.37. The first-order valence-electron chi connectivity index (χ1n) is 14.9. The average molecular weight is 563 g/mol. The molecule has 2 fully saturated rings. The molecule has 0 N–H and O–H groups in total. The van der Waals surface area contributed by atoms with Crippen LogP contribution in [-0.4, -0.2) is 64.8 Å². The standard InChI is InChI=1S/C32H50O8/c1-31(2,15-7-13-29(33)39-21-23-11-9-17-37-23)25-19-28(36-6)26(20-27(25)35-5)32(3,4)16-8-14-30(34)40-22-24-12-10-18-38-24/h19-20,23-24H,7-18,21-22H2,1-6H3. The molecule has 40 heavy (non-hydrogen) atoms. The zero-order valence-electron chi connectivity index (χ0n) is 25.5. The van der Waals surface area contributed by atoms with E-state index in [1.54, 1.807) is 14.2 Å². The lowest BCUT2D eigenvalue weighted by Crippen LogP contribution is -2.23. The molecule has 0 amide bonds. The summed E-state index contributed by atoms with van der Waals surface area (Å²) in [6.07, 6.45) is 7.80. The number of carbonyl (C=O) groups is 2. The molecule has 0 bridgehead atoms. The number of rotatable bonds is 16. The third-order valence-corrected chi connectivity index (χ3v) is 8.25. The van der Waals surface area contributed by atoms with Crippen molar-refractivity contribution in [3.05, 3.63) is 23.3 Å². The van der Waals surface area contributed by atoms with Crippen molar-refractivity contribution in [1.82, 2.24) is 0 Å². The largest absolute Gasteiger partial charge is 0.496 e. The highest BCUT2D eigenvalue weighted by molar-refractivity contribution is 5.69. The average Bonchev–Trinajstić information content (AvgIpc) is 3.64. The monoisotopic (exact) mass is 562 g/mol. The highest BCUT2D eigenvalue weighted by Gasteiger charge is 2.31. The SMILES string of the molecule is COc1cc(C(C)(C)CCCC(=O)OCC2CCCO2)c(OC)cc1C(C)(C)CCCC(=O)OCC1CCCO1. The summed E-state index contributed by atoms with van der Waals surface area (Å²) in [5.41, 5.74) is 1.58. The fraction of sp³-hybridized carbons (Fsp3) is 0.750. The van der Waals surface area contributed by atoms with Crippen LogP contribution in [0, 0.1) is 0 Å². The maximum atomic E-state index is 12.3. The molecule has 0 aliphatic carbocycles. The minimum Gasteiger partial charge on any atom is -0.496 e. The zero-order chi connectivity index (χ0) is 29.2. The molecule has 1 aromatic rings. The maximum Gasteiger partial charge on any atom is 0.305 e. The third-order valence-electron chi connectivity index (χ3n) is 8.25. The van der Waals surface area contributed by atoms with Crippen molar-refractivity contribution in [2.24, 2.45) is 0 Å². The summed E-state index contributed by atoms with van der Waals surface area (Å²) < 4.78 is 33.6. The van der Waals surface area contributed by atoms with Gasteiger partial charge in [-0.05, 0) is 74.3 Å². The second-order valence-electron chi connectivity index (χ2n) is 12.4. The van der Waals surface area contributed by atoms with Gasteiger partial charge < -0.3 is 28.4 Å². The molecule has 0 radical (unpaired) electrons. The van der Waals surface area contributed by atoms with E-state index in [0.717, 1.165) is 74.4 Å². The first-order valence-corrected chi connectivity index (χ1v) is 14.9. The molecule has 0 saturated carbocycles. The number of ether oxygens (including phenoxy) is 6. The van der Waals surface area contributed by atoms with Crippen LogP contribution in [0.5, 0.6) is 11.5 Å². The van der Waals surface area contributed by atoms with Crippen LogP contribution in [0.3, 0.4) is 0 Å². The molecule has 2 aliphatic rings. The van der Waals surface area contributed by atoms with Crippen molar-refractivity contribution < 1.29 is 38.0 Å². The molecular weight excluding hydrogens is 512 g/mol. The first kappa shape index (κ1) is 32.2. The molecule has 8 heteroatoms. The molecule has 226 valence electrons. The number of carbonyl (C=O) groups excluding carboxylic acids is 2. The van der Waals surface area contributed by atoms with Gasteiger partial charge in [0.1, 0.15) is 24.7 Å². The Balaban J connectivity index is 1.57. The molecule has 0 aromatic heterocycles. The van der Waals surface area contributed by atoms with Crippen LogP contribution in [0.25, 0.3) is 0 Å². The molecule has 2 aliphatic heterocycles. The van der Waals surface area contributed by atoms with Gasteiger partial charge in [0.15, 0.2) is 0 Å². The lowest BCUT2D eigenvalue weighted by molar-refractivity contribution is -0.147. The van der Waals surface area contributed by atoms with Crippen LogP contribution < -0.4 is 9.47 Å². The summed E-state index contributed by atoms with van der Waals surface area (Å²) in [4.78, 5) is 24.5. The van der Waals surface area contributed by atoms with Gasteiger partial charge in [0.05, 0.1) is 26.4 Å². The van der Waals surface area contributed by atoms with Crippen LogP contribution in [0.15, 0.2) is 12.1 Å². The summed E-state index contributed by atoms with van der Waals surface area (Å²) >= 11 is 0. The van der Waals surface area contributed by atoms with Crippen molar-refractivity contribution in [1.29, 1.82) is 0 Å². The highest BCUT2D eigenvalue weighted by atomic mass is 16.6. The molecule has 8 nitrogen and oxygen atoms in total. The maximum absolute atomic E-state index is 12.3. The molecule has 2 unspecified atom stereocenters. The summed E-state index contributed by atoms with van der Waals surface area (Å²) in [6.45, 7) is 10.8. The molecule has 0 spiro atoms. The Hall–Kier alpha value is -2.32. The number of hydrogen-bond donors (Lipinski definition) is 0. The quantitative estimate of drug-likeness (QED) is 0.225. The second-order valence-corrected chi connectivity index (χ2v) is 12.4. The predicted molar refractivity (Wildman–Crippen MR) is 153 cm³/mol. The van der Waals surface area contributed by atoms with Crippen molar-refractivity contribution in [2.75, 3.05) is 40.6 Å². The normalized spacial score (nSPS) is 19.4. The van der Waals surface area contributed by atoms with E-state index in [1.165, 1.54) is 0 Å². The Bertz CT molecular complexity index is 880. The summed E-state index contributed by atoms with van der Waals surface area (Å²) in [5, 5.41) is 0. The minimum atomic E-state index is -0.247. The minimum absolute atomic E-state index is 0.0467. The van der Waals surface area contributed by atoms with Gasteiger partial charge in [0, 0.05) is 37.2 Å². The van der Waals surface area contributed by atoms with E-state index < -0.39 is 0 Å². The summed E-state index contributed by atoms with van der Waals surface area (Å²) in [6, 6.07) is 4.14. The van der Waals surface area contributed by atoms with E-state index in [2.05, 4.69) is 39.8 Å². The number of esters is 2. The summed E-state index contributed by atoms with van der Waals surface area (Å²) in [5.74, 6) is 1.24. The summed E-state index contributed by atoms with van der Waals surface area (Å²) in [7, 11) is 3.37. The highest BCUT2D eigenvalue weighted by Crippen LogP contribution is 2.44. The fourth-order valence-electron chi connectivity index (χ4n) is 5.64.